The average Bonchev–Trinajstić information content (AvgIpc) is 2.42. The highest BCUT2D eigenvalue weighted by Gasteiger charge is 2.18. The van der Waals surface area contributed by atoms with E-state index in [2.05, 4.69) is 17.9 Å². The number of piperidine rings is 1. The van der Waals surface area contributed by atoms with Gasteiger partial charge in [0.25, 0.3) is 0 Å². The van der Waals surface area contributed by atoms with Gasteiger partial charge in [-0.2, -0.15) is 5.26 Å². The van der Waals surface area contributed by atoms with Crippen molar-refractivity contribution < 1.29 is 4.79 Å². The van der Waals surface area contributed by atoms with Crippen molar-refractivity contribution in [1.29, 1.82) is 5.26 Å². The summed E-state index contributed by atoms with van der Waals surface area (Å²) in [5.41, 5.74) is 0. The number of nitrogens with zero attached hydrogens (tertiary/aromatic N) is 3. The van der Waals surface area contributed by atoms with Gasteiger partial charge in [0.15, 0.2) is 0 Å². The van der Waals surface area contributed by atoms with Gasteiger partial charge < -0.3 is 9.80 Å². The molecule has 102 valence electrons. The van der Waals surface area contributed by atoms with Crippen LogP contribution < -0.4 is 0 Å². The highest BCUT2D eigenvalue weighted by atomic mass is 16.2. The minimum Gasteiger partial charge on any atom is -0.345 e. The molecule has 0 spiro atoms. The van der Waals surface area contributed by atoms with Crippen molar-refractivity contribution in [2.75, 3.05) is 33.2 Å². The maximum atomic E-state index is 11.8. The van der Waals surface area contributed by atoms with Crippen LogP contribution in [-0.4, -0.2) is 48.9 Å². The highest BCUT2D eigenvalue weighted by molar-refractivity contribution is 5.76. The third-order valence-electron chi connectivity index (χ3n) is 3.91. The summed E-state index contributed by atoms with van der Waals surface area (Å²) in [6.07, 6.45) is 4.83. The summed E-state index contributed by atoms with van der Waals surface area (Å²) in [6, 6.07) is 2.07. The topological polar surface area (TPSA) is 47.3 Å². The predicted molar refractivity (Wildman–Crippen MR) is 71.9 cm³/mol. The molecule has 4 heteroatoms. The lowest BCUT2D eigenvalue weighted by molar-refractivity contribution is -0.130. The Bertz CT molecular complexity index is 290. The normalized spacial score (nSPS) is 17.4. The first kappa shape index (κ1) is 15.0. The van der Waals surface area contributed by atoms with E-state index < -0.39 is 0 Å². The van der Waals surface area contributed by atoms with Crippen molar-refractivity contribution in [1.82, 2.24) is 9.80 Å². The first-order valence-electron chi connectivity index (χ1n) is 7.00. The molecule has 1 heterocycles. The zero-order valence-electron chi connectivity index (χ0n) is 11.7. The molecule has 0 saturated carbocycles. The van der Waals surface area contributed by atoms with Crippen LogP contribution in [0.3, 0.4) is 0 Å². The number of carbonyl (C=O) groups is 1. The SMILES string of the molecule is CCC1CCN(CCC(=O)N(C)CCC#N)CC1. The van der Waals surface area contributed by atoms with Crippen LogP contribution in [0.2, 0.25) is 0 Å². The summed E-state index contributed by atoms with van der Waals surface area (Å²) in [4.78, 5) is 15.9. The second kappa shape index (κ2) is 8.10. The summed E-state index contributed by atoms with van der Waals surface area (Å²) in [5.74, 6) is 1.04. The smallest absolute Gasteiger partial charge is 0.223 e. The maximum absolute atomic E-state index is 11.8. The molecule has 0 radical (unpaired) electrons. The lowest BCUT2D eigenvalue weighted by Gasteiger charge is -2.31. The van der Waals surface area contributed by atoms with E-state index in [-0.39, 0.29) is 5.91 Å². The number of carbonyl (C=O) groups excluding carboxylic acids is 1. The van der Waals surface area contributed by atoms with E-state index in [1.54, 1.807) is 11.9 Å². The van der Waals surface area contributed by atoms with Crippen LogP contribution in [0.25, 0.3) is 0 Å². The van der Waals surface area contributed by atoms with Gasteiger partial charge in [0.2, 0.25) is 5.91 Å². The molecule has 1 aliphatic heterocycles. The molecule has 0 aliphatic carbocycles. The van der Waals surface area contributed by atoms with Gasteiger partial charge in [0.05, 0.1) is 12.5 Å². The quantitative estimate of drug-likeness (QED) is 0.724. The van der Waals surface area contributed by atoms with Crippen LogP contribution in [0.1, 0.15) is 39.0 Å². The molecule has 0 aromatic carbocycles. The fourth-order valence-corrected chi connectivity index (χ4v) is 2.41. The Kier molecular flexibility index (Phi) is 6.74. The molecular weight excluding hydrogens is 226 g/mol. The summed E-state index contributed by atoms with van der Waals surface area (Å²) < 4.78 is 0. The Morgan fingerprint density at radius 3 is 2.67 bits per heavy atom. The van der Waals surface area contributed by atoms with Gasteiger partial charge in [-0.1, -0.05) is 13.3 Å². The number of likely N-dealkylation sites (tertiary alicyclic amines) is 1. The number of rotatable bonds is 6. The van der Waals surface area contributed by atoms with Gasteiger partial charge in [-0.05, 0) is 31.8 Å². The Morgan fingerprint density at radius 1 is 1.44 bits per heavy atom. The molecule has 0 N–H and O–H groups in total. The Balaban J connectivity index is 2.17. The molecule has 4 nitrogen and oxygen atoms in total. The lowest BCUT2D eigenvalue weighted by Crippen LogP contribution is -2.37. The summed E-state index contributed by atoms with van der Waals surface area (Å²) in [7, 11) is 1.78. The third kappa shape index (κ3) is 5.05. The van der Waals surface area contributed by atoms with Crippen LogP contribution in [0, 0.1) is 17.2 Å². The molecule has 0 unspecified atom stereocenters. The zero-order valence-corrected chi connectivity index (χ0v) is 11.7. The summed E-state index contributed by atoms with van der Waals surface area (Å²) >= 11 is 0. The van der Waals surface area contributed by atoms with Crippen LogP contribution in [-0.2, 0) is 4.79 Å². The van der Waals surface area contributed by atoms with Crippen LogP contribution in [0.15, 0.2) is 0 Å². The van der Waals surface area contributed by atoms with Crippen LogP contribution >= 0.6 is 0 Å². The Hall–Kier alpha value is -1.08. The van der Waals surface area contributed by atoms with E-state index in [4.69, 9.17) is 5.26 Å². The fraction of sp³-hybridized carbons (Fsp3) is 0.857. The molecule has 0 bridgehead atoms. The number of nitriles is 1. The average molecular weight is 251 g/mol. The number of hydrogen-bond acceptors (Lipinski definition) is 3. The monoisotopic (exact) mass is 251 g/mol. The third-order valence-corrected chi connectivity index (χ3v) is 3.91. The molecular formula is C14H25N3O. The molecule has 0 atom stereocenters. The Morgan fingerprint density at radius 2 is 2.11 bits per heavy atom. The van der Waals surface area contributed by atoms with Gasteiger partial charge in [0, 0.05) is 26.6 Å². The second-order valence-electron chi connectivity index (χ2n) is 5.17. The van der Waals surface area contributed by atoms with E-state index in [0.717, 1.165) is 25.6 Å². The summed E-state index contributed by atoms with van der Waals surface area (Å²) in [5, 5.41) is 8.48. The van der Waals surface area contributed by atoms with Gasteiger partial charge in [0.1, 0.15) is 0 Å². The Labute approximate surface area is 111 Å². The van der Waals surface area contributed by atoms with Crippen molar-refractivity contribution in [3.63, 3.8) is 0 Å². The predicted octanol–water partition coefficient (Wildman–Crippen LogP) is 1.87. The lowest BCUT2D eigenvalue weighted by atomic mass is 9.94. The van der Waals surface area contributed by atoms with Gasteiger partial charge in [-0.15, -0.1) is 0 Å². The van der Waals surface area contributed by atoms with Crippen molar-refractivity contribution in [3.8, 4) is 6.07 Å². The standard InChI is InChI=1S/C14H25N3O/c1-3-13-5-10-17(11-6-13)12-7-14(18)16(2)9-4-8-15/h13H,3-7,9-12H2,1-2H3. The van der Waals surface area contributed by atoms with E-state index in [1.807, 2.05) is 0 Å². The van der Waals surface area contributed by atoms with Crippen molar-refractivity contribution in [2.24, 2.45) is 5.92 Å². The van der Waals surface area contributed by atoms with E-state index in [0.29, 0.717) is 19.4 Å². The van der Waals surface area contributed by atoms with Gasteiger partial charge in [-0.25, -0.2) is 0 Å². The van der Waals surface area contributed by atoms with Gasteiger partial charge >= 0.3 is 0 Å². The van der Waals surface area contributed by atoms with Crippen LogP contribution in [0.5, 0.6) is 0 Å². The first-order chi connectivity index (χ1) is 8.67. The number of amides is 1. The van der Waals surface area contributed by atoms with E-state index in [9.17, 15) is 4.79 Å². The maximum Gasteiger partial charge on any atom is 0.223 e. The zero-order chi connectivity index (χ0) is 13.4. The second-order valence-corrected chi connectivity index (χ2v) is 5.17. The molecule has 1 saturated heterocycles. The van der Waals surface area contributed by atoms with Crippen LogP contribution in [0.4, 0.5) is 0 Å². The fourth-order valence-electron chi connectivity index (χ4n) is 2.41. The minimum absolute atomic E-state index is 0.155. The largest absolute Gasteiger partial charge is 0.345 e. The van der Waals surface area contributed by atoms with Gasteiger partial charge in [-0.3, -0.25) is 4.79 Å². The van der Waals surface area contributed by atoms with Crippen molar-refractivity contribution >= 4 is 5.91 Å². The molecule has 1 aliphatic rings. The van der Waals surface area contributed by atoms with Crippen molar-refractivity contribution in [3.05, 3.63) is 0 Å². The first-order valence-corrected chi connectivity index (χ1v) is 7.00. The molecule has 1 amide bonds. The summed E-state index contributed by atoms with van der Waals surface area (Å²) in [6.45, 7) is 5.94. The molecule has 1 fully saturated rings. The molecule has 18 heavy (non-hydrogen) atoms. The molecule has 0 aromatic rings. The van der Waals surface area contributed by atoms with Crippen molar-refractivity contribution in [2.45, 2.75) is 39.0 Å². The minimum atomic E-state index is 0.155. The molecule has 1 rings (SSSR count). The van der Waals surface area contributed by atoms with E-state index in [1.165, 1.54) is 19.3 Å². The number of hydrogen-bond donors (Lipinski definition) is 0. The highest BCUT2D eigenvalue weighted by Crippen LogP contribution is 2.19. The molecule has 0 aromatic heterocycles. The van der Waals surface area contributed by atoms with E-state index >= 15 is 0 Å².